The summed E-state index contributed by atoms with van der Waals surface area (Å²) in [6.45, 7) is 6.35. The molecule has 2 aliphatic carbocycles. The zero-order chi connectivity index (χ0) is 10.6. The lowest BCUT2D eigenvalue weighted by Gasteiger charge is -2.32. The fourth-order valence-electron chi connectivity index (χ4n) is 2.92. The molecule has 4 heteroatoms. The van der Waals surface area contributed by atoms with Crippen molar-refractivity contribution >= 4 is 5.71 Å². The molecule has 0 aliphatic heterocycles. The Balaban J connectivity index is 2.23. The third-order valence-corrected chi connectivity index (χ3v) is 4.33. The van der Waals surface area contributed by atoms with Crippen LogP contribution in [0.4, 0.5) is 0 Å². The van der Waals surface area contributed by atoms with Crippen LogP contribution in [0.15, 0.2) is 5.16 Å². The SMILES string of the molecule is CC1(C)[C@@H]2C[C@](C)(NO)/C(=N\O)C[C@@H]21. The van der Waals surface area contributed by atoms with Crippen LogP contribution in [0.2, 0.25) is 0 Å². The summed E-state index contributed by atoms with van der Waals surface area (Å²) in [6, 6.07) is 0. The van der Waals surface area contributed by atoms with Gasteiger partial charge in [-0.2, -0.15) is 5.48 Å². The predicted molar refractivity (Wildman–Crippen MR) is 52.5 cm³/mol. The number of oxime groups is 1. The molecule has 3 atom stereocenters. The van der Waals surface area contributed by atoms with Gasteiger partial charge in [0.25, 0.3) is 0 Å². The van der Waals surface area contributed by atoms with E-state index in [0.717, 1.165) is 12.8 Å². The summed E-state index contributed by atoms with van der Waals surface area (Å²) in [5.74, 6) is 1.26. The maximum Gasteiger partial charge on any atom is 0.0818 e. The van der Waals surface area contributed by atoms with E-state index in [4.69, 9.17) is 10.4 Å². The highest BCUT2D eigenvalue weighted by molar-refractivity contribution is 5.94. The van der Waals surface area contributed by atoms with Gasteiger partial charge in [0.15, 0.2) is 0 Å². The first-order chi connectivity index (χ1) is 6.45. The molecule has 0 unspecified atom stereocenters. The Bertz CT molecular complexity index is 288. The van der Waals surface area contributed by atoms with Crippen LogP contribution in [0.25, 0.3) is 0 Å². The molecule has 2 aliphatic rings. The molecule has 3 N–H and O–H groups in total. The monoisotopic (exact) mass is 198 g/mol. The third-order valence-electron chi connectivity index (χ3n) is 4.33. The van der Waals surface area contributed by atoms with E-state index in [9.17, 15) is 0 Å². The Morgan fingerprint density at radius 1 is 1.36 bits per heavy atom. The molecule has 0 aromatic rings. The minimum atomic E-state index is -0.538. The van der Waals surface area contributed by atoms with Gasteiger partial charge in [-0.25, -0.2) is 0 Å². The van der Waals surface area contributed by atoms with Crippen molar-refractivity contribution in [1.29, 1.82) is 0 Å². The van der Waals surface area contributed by atoms with Crippen LogP contribution in [0.1, 0.15) is 33.6 Å². The average Bonchev–Trinajstić information content (AvgIpc) is 2.66. The number of rotatable bonds is 1. The van der Waals surface area contributed by atoms with Crippen molar-refractivity contribution in [1.82, 2.24) is 5.48 Å². The summed E-state index contributed by atoms with van der Waals surface area (Å²) in [6.07, 6.45) is 1.64. The second-order valence-electron chi connectivity index (χ2n) is 5.43. The number of hydrogen-bond donors (Lipinski definition) is 3. The maximum absolute atomic E-state index is 9.12. The van der Waals surface area contributed by atoms with Crippen LogP contribution in [-0.4, -0.2) is 21.7 Å². The van der Waals surface area contributed by atoms with Gasteiger partial charge < -0.3 is 10.4 Å². The summed E-state index contributed by atoms with van der Waals surface area (Å²) in [5, 5.41) is 21.3. The van der Waals surface area contributed by atoms with Crippen molar-refractivity contribution in [2.75, 3.05) is 0 Å². The van der Waals surface area contributed by atoms with Gasteiger partial charge in [-0.3, -0.25) is 0 Å². The van der Waals surface area contributed by atoms with E-state index >= 15 is 0 Å². The van der Waals surface area contributed by atoms with Gasteiger partial charge in [0.05, 0.1) is 11.3 Å². The lowest BCUT2D eigenvalue weighted by molar-refractivity contribution is 0.0902. The molecule has 0 aromatic heterocycles. The molecule has 0 bridgehead atoms. The number of hydrogen-bond acceptors (Lipinski definition) is 4. The normalized spacial score (nSPS) is 47.6. The quantitative estimate of drug-likeness (QED) is 0.443. The first kappa shape index (κ1) is 9.93. The van der Waals surface area contributed by atoms with E-state index in [-0.39, 0.29) is 0 Å². The lowest BCUT2D eigenvalue weighted by atomic mass is 9.82. The summed E-state index contributed by atoms with van der Waals surface area (Å²) in [4.78, 5) is 0. The van der Waals surface area contributed by atoms with Gasteiger partial charge in [0.1, 0.15) is 0 Å². The van der Waals surface area contributed by atoms with Crippen LogP contribution in [0.3, 0.4) is 0 Å². The second kappa shape index (κ2) is 2.70. The van der Waals surface area contributed by atoms with Crippen molar-refractivity contribution < 1.29 is 10.4 Å². The fraction of sp³-hybridized carbons (Fsp3) is 0.900. The predicted octanol–water partition coefficient (Wildman–Crippen LogP) is 1.62. The van der Waals surface area contributed by atoms with Crippen molar-refractivity contribution in [2.45, 2.75) is 39.2 Å². The van der Waals surface area contributed by atoms with Gasteiger partial charge in [-0.15, -0.1) is 0 Å². The fourth-order valence-corrected chi connectivity index (χ4v) is 2.92. The Morgan fingerprint density at radius 3 is 2.50 bits per heavy atom. The van der Waals surface area contributed by atoms with E-state index in [2.05, 4.69) is 24.5 Å². The van der Waals surface area contributed by atoms with Crippen LogP contribution in [-0.2, 0) is 0 Å². The summed E-state index contributed by atoms with van der Waals surface area (Å²) < 4.78 is 0. The Morgan fingerprint density at radius 2 is 2.00 bits per heavy atom. The van der Waals surface area contributed by atoms with E-state index in [1.54, 1.807) is 0 Å². The molecule has 80 valence electrons. The van der Waals surface area contributed by atoms with Crippen molar-refractivity contribution in [3.05, 3.63) is 0 Å². The smallest absolute Gasteiger partial charge is 0.0818 e. The topological polar surface area (TPSA) is 64.8 Å². The van der Waals surface area contributed by atoms with Crippen LogP contribution >= 0.6 is 0 Å². The van der Waals surface area contributed by atoms with Crippen molar-refractivity contribution in [3.63, 3.8) is 0 Å². The molecular formula is C10H18N2O2. The van der Waals surface area contributed by atoms with Crippen LogP contribution in [0.5, 0.6) is 0 Å². The highest BCUT2D eigenvalue weighted by Gasteiger charge is 2.63. The molecule has 0 spiro atoms. The van der Waals surface area contributed by atoms with Crippen molar-refractivity contribution in [2.24, 2.45) is 22.4 Å². The van der Waals surface area contributed by atoms with E-state index < -0.39 is 5.54 Å². The second-order valence-corrected chi connectivity index (χ2v) is 5.43. The molecule has 2 rings (SSSR count). The number of fused-ring (bicyclic) bond motifs is 1. The summed E-state index contributed by atoms with van der Waals surface area (Å²) in [7, 11) is 0. The number of nitrogens with one attached hydrogen (secondary N) is 1. The van der Waals surface area contributed by atoms with Gasteiger partial charge in [0, 0.05) is 0 Å². The minimum absolute atomic E-state index is 0.338. The van der Waals surface area contributed by atoms with Crippen LogP contribution in [0, 0.1) is 17.3 Å². The number of hydroxylamine groups is 1. The zero-order valence-corrected chi connectivity index (χ0v) is 8.91. The molecule has 4 nitrogen and oxygen atoms in total. The average molecular weight is 198 g/mol. The Labute approximate surface area is 84.0 Å². The van der Waals surface area contributed by atoms with Gasteiger partial charge in [-0.1, -0.05) is 19.0 Å². The van der Waals surface area contributed by atoms with E-state index in [1.165, 1.54) is 0 Å². The van der Waals surface area contributed by atoms with Gasteiger partial charge in [-0.05, 0) is 37.0 Å². The first-order valence-corrected chi connectivity index (χ1v) is 5.08. The molecule has 0 radical (unpaired) electrons. The summed E-state index contributed by atoms with van der Waals surface area (Å²) >= 11 is 0. The molecule has 0 saturated heterocycles. The highest BCUT2D eigenvalue weighted by Crippen LogP contribution is 2.65. The third kappa shape index (κ3) is 1.10. The van der Waals surface area contributed by atoms with Gasteiger partial charge in [0.2, 0.25) is 0 Å². The molecule has 0 heterocycles. The molecule has 0 amide bonds. The number of nitrogens with zero attached hydrogens (tertiary/aromatic N) is 1. The molecule has 14 heavy (non-hydrogen) atoms. The minimum Gasteiger partial charge on any atom is -0.411 e. The standard InChI is InChI=1S/C10H18N2O2/c1-9(2)6-4-8(11-13)10(3,12-14)5-7(6)9/h6-7,12-14H,4-5H2,1-3H3/b11-8-/t6-,7+,10-/m0/s1. The lowest BCUT2D eigenvalue weighted by Crippen LogP contribution is -2.50. The van der Waals surface area contributed by atoms with E-state index in [1.807, 2.05) is 6.92 Å². The van der Waals surface area contributed by atoms with Crippen LogP contribution < -0.4 is 5.48 Å². The van der Waals surface area contributed by atoms with Gasteiger partial charge >= 0.3 is 0 Å². The molecule has 2 saturated carbocycles. The highest BCUT2D eigenvalue weighted by atomic mass is 16.5. The molecule has 2 fully saturated rings. The Kier molecular flexibility index (Phi) is 1.92. The van der Waals surface area contributed by atoms with E-state index in [0.29, 0.717) is 23.0 Å². The first-order valence-electron chi connectivity index (χ1n) is 5.08. The molecule has 0 aromatic carbocycles. The zero-order valence-electron chi connectivity index (χ0n) is 8.91. The molecular weight excluding hydrogens is 180 g/mol. The maximum atomic E-state index is 9.12. The Hall–Kier alpha value is -0.610. The van der Waals surface area contributed by atoms with Crippen molar-refractivity contribution in [3.8, 4) is 0 Å². The largest absolute Gasteiger partial charge is 0.411 e. The summed E-state index contributed by atoms with van der Waals surface area (Å²) in [5.41, 5.74) is 2.76.